The van der Waals surface area contributed by atoms with Crippen LogP contribution in [0.4, 0.5) is 0 Å². The number of hydrogen-bond acceptors (Lipinski definition) is 7. The molecule has 7 nitrogen and oxygen atoms in total. The van der Waals surface area contributed by atoms with Crippen molar-refractivity contribution >= 4 is 26.0 Å². The van der Waals surface area contributed by atoms with Gasteiger partial charge in [0, 0.05) is 11.1 Å². The molecule has 0 heterocycles. The third-order valence-electron chi connectivity index (χ3n) is 5.79. The van der Waals surface area contributed by atoms with E-state index in [4.69, 9.17) is 8.37 Å². The molecule has 0 aromatic heterocycles. The summed E-state index contributed by atoms with van der Waals surface area (Å²) in [5, 5.41) is 0. The summed E-state index contributed by atoms with van der Waals surface area (Å²) in [7, 11) is -8.39. The van der Waals surface area contributed by atoms with Gasteiger partial charge in [-0.1, -0.05) is 47.5 Å². The van der Waals surface area contributed by atoms with Gasteiger partial charge in [0.2, 0.25) is 0 Å². The van der Waals surface area contributed by atoms with Crippen molar-refractivity contribution < 1.29 is 30.0 Å². The molecule has 1 aliphatic rings. The van der Waals surface area contributed by atoms with E-state index in [0.717, 1.165) is 11.1 Å². The largest absolute Gasteiger partial charge is 0.379 e. The Morgan fingerprint density at radius 2 is 0.861 bits per heavy atom. The second-order valence-corrected chi connectivity index (χ2v) is 11.5. The van der Waals surface area contributed by atoms with E-state index in [1.165, 1.54) is 36.4 Å². The number of benzene rings is 4. The Morgan fingerprint density at radius 1 is 0.500 bits per heavy atom. The van der Waals surface area contributed by atoms with Gasteiger partial charge in [-0.15, -0.1) is 0 Å². The maximum absolute atomic E-state index is 13.2. The predicted octanol–water partition coefficient (Wildman–Crippen LogP) is 5.05. The molecule has 0 atom stereocenters. The summed E-state index contributed by atoms with van der Waals surface area (Å²) in [6, 6.07) is 21.3. The van der Waals surface area contributed by atoms with Crippen molar-refractivity contribution in [2.75, 3.05) is 0 Å². The van der Waals surface area contributed by atoms with Gasteiger partial charge in [-0.05, 0) is 73.5 Å². The third-order valence-corrected chi connectivity index (χ3v) is 8.28. The molecule has 0 bridgehead atoms. The number of hydrogen-bond donors (Lipinski definition) is 0. The monoisotopic (exact) mass is 520 g/mol. The second kappa shape index (κ2) is 8.61. The zero-order valence-electron chi connectivity index (χ0n) is 19.3. The zero-order valence-corrected chi connectivity index (χ0v) is 20.9. The van der Waals surface area contributed by atoms with Crippen LogP contribution >= 0.6 is 0 Å². The topological polar surface area (TPSA) is 104 Å². The first kappa shape index (κ1) is 23.8. The Labute approximate surface area is 209 Å². The van der Waals surface area contributed by atoms with E-state index in [1.54, 1.807) is 48.5 Å². The number of rotatable bonds is 6. The highest BCUT2D eigenvalue weighted by molar-refractivity contribution is 7.87. The van der Waals surface area contributed by atoms with Crippen molar-refractivity contribution in [1.82, 2.24) is 0 Å². The van der Waals surface area contributed by atoms with Crippen LogP contribution in [0.3, 0.4) is 0 Å². The number of ketones is 1. The van der Waals surface area contributed by atoms with Crippen LogP contribution in [0.25, 0.3) is 11.1 Å². The van der Waals surface area contributed by atoms with Gasteiger partial charge in [0.1, 0.15) is 21.3 Å². The van der Waals surface area contributed by atoms with Crippen LogP contribution in [0, 0.1) is 13.8 Å². The Kier molecular flexibility index (Phi) is 5.69. The van der Waals surface area contributed by atoms with Crippen molar-refractivity contribution in [3.63, 3.8) is 0 Å². The number of aryl methyl sites for hydroxylation is 2. The molecule has 0 amide bonds. The lowest BCUT2D eigenvalue weighted by molar-refractivity contribution is 0.104. The van der Waals surface area contributed by atoms with Crippen molar-refractivity contribution in [3.05, 3.63) is 107 Å². The summed E-state index contributed by atoms with van der Waals surface area (Å²) in [6.07, 6.45) is 0. The summed E-state index contributed by atoms with van der Waals surface area (Å²) >= 11 is 0. The van der Waals surface area contributed by atoms with E-state index in [-0.39, 0.29) is 32.4 Å². The van der Waals surface area contributed by atoms with Crippen molar-refractivity contribution in [2.45, 2.75) is 23.6 Å². The van der Waals surface area contributed by atoms with Crippen LogP contribution in [-0.4, -0.2) is 22.6 Å². The van der Waals surface area contributed by atoms with Crippen molar-refractivity contribution in [2.24, 2.45) is 0 Å². The quantitative estimate of drug-likeness (QED) is 0.289. The molecule has 0 aliphatic heterocycles. The Morgan fingerprint density at radius 3 is 1.22 bits per heavy atom. The molecule has 182 valence electrons. The molecule has 0 saturated carbocycles. The SMILES string of the molecule is Cc1ccc(OS(=O)(=O)c2ccc3c(c2)C(=O)c2cc(S(=O)(=O)Oc4ccc(C)cc4)ccc2-3)cc1. The first-order valence-electron chi connectivity index (χ1n) is 10.9. The first-order chi connectivity index (χ1) is 17.0. The Balaban J connectivity index is 1.45. The van der Waals surface area contributed by atoms with Crippen LogP contribution < -0.4 is 8.37 Å². The van der Waals surface area contributed by atoms with Gasteiger partial charge in [0.25, 0.3) is 0 Å². The standard InChI is InChI=1S/C27H20O7S2/c1-17-3-7-19(8-4-17)33-35(29,30)21-11-13-23-24-14-12-22(16-26(24)27(28)25(23)15-21)36(31,32)34-20-9-5-18(2)6-10-20/h3-16H,1-2H3. The fourth-order valence-electron chi connectivity index (χ4n) is 3.89. The number of fused-ring (bicyclic) bond motifs is 3. The second-order valence-electron chi connectivity index (χ2n) is 8.44. The summed E-state index contributed by atoms with van der Waals surface area (Å²) in [6.45, 7) is 3.74. The van der Waals surface area contributed by atoms with Crippen LogP contribution in [-0.2, 0) is 20.2 Å². The first-order valence-corrected chi connectivity index (χ1v) is 13.7. The average Bonchev–Trinajstić information content (AvgIpc) is 3.13. The van der Waals surface area contributed by atoms with E-state index >= 15 is 0 Å². The van der Waals surface area contributed by atoms with Gasteiger partial charge in [0.15, 0.2) is 5.78 Å². The lowest BCUT2D eigenvalue weighted by atomic mass is 10.1. The summed E-state index contributed by atoms with van der Waals surface area (Å²) in [5.41, 5.74) is 3.21. The summed E-state index contributed by atoms with van der Waals surface area (Å²) in [4.78, 5) is 12.8. The normalized spacial score (nSPS) is 12.7. The van der Waals surface area contributed by atoms with E-state index in [2.05, 4.69) is 0 Å². The van der Waals surface area contributed by atoms with E-state index in [9.17, 15) is 21.6 Å². The van der Waals surface area contributed by atoms with E-state index in [1.807, 2.05) is 13.8 Å². The molecular weight excluding hydrogens is 500 g/mol. The minimum absolute atomic E-state index is 0.146. The van der Waals surface area contributed by atoms with Gasteiger partial charge in [0.05, 0.1) is 0 Å². The summed E-state index contributed by atoms with van der Waals surface area (Å²) < 4.78 is 61.7. The third kappa shape index (κ3) is 4.38. The predicted molar refractivity (Wildman–Crippen MR) is 133 cm³/mol. The van der Waals surface area contributed by atoms with Gasteiger partial charge >= 0.3 is 20.2 Å². The maximum atomic E-state index is 13.2. The number of carbonyl (C=O) groups excluding carboxylic acids is 1. The number of carbonyl (C=O) groups is 1. The van der Waals surface area contributed by atoms with Crippen LogP contribution in [0.5, 0.6) is 11.5 Å². The molecule has 0 radical (unpaired) electrons. The van der Waals surface area contributed by atoms with Crippen LogP contribution in [0.15, 0.2) is 94.7 Å². The van der Waals surface area contributed by atoms with Crippen molar-refractivity contribution in [3.8, 4) is 22.6 Å². The molecule has 0 fully saturated rings. The molecule has 9 heteroatoms. The fourth-order valence-corrected chi connectivity index (χ4v) is 5.80. The molecule has 5 rings (SSSR count). The molecule has 4 aromatic carbocycles. The molecule has 0 saturated heterocycles. The lowest BCUT2D eigenvalue weighted by Crippen LogP contribution is -2.11. The van der Waals surface area contributed by atoms with Gasteiger partial charge in [-0.3, -0.25) is 4.79 Å². The average molecular weight is 521 g/mol. The van der Waals surface area contributed by atoms with Crippen LogP contribution in [0.1, 0.15) is 27.0 Å². The minimum atomic E-state index is -4.20. The zero-order chi connectivity index (χ0) is 25.7. The molecular formula is C27H20O7S2. The van der Waals surface area contributed by atoms with E-state index < -0.39 is 26.0 Å². The van der Waals surface area contributed by atoms with Crippen LogP contribution in [0.2, 0.25) is 0 Å². The smallest absolute Gasteiger partial charge is 0.339 e. The summed E-state index contributed by atoms with van der Waals surface area (Å²) in [5.74, 6) is -0.182. The molecule has 0 unspecified atom stereocenters. The van der Waals surface area contributed by atoms with E-state index in [0.29, 0.717) is 11.1 Å². The van der Waals surface area contributed by atoms with Gasteiger partial charge in [-0.25, -0.2) is 0 Å². The highest BCUT2D eigenvalue weighted by atomic mass is 32.2. The molecule has 4 aromatic rings. The highest BCUT2D eigenvalue weighted by Crippen LogP contribution is 2.39. The van der Waals surface area contributed by atoms with Gasteiger partial charge < -0.3 is 8.37 Å². The molecule has 0 N–H and O–H groups in total. The lowest BCUT2D eigenvalue weighted by Gasteiger charge is -2.09. The Bertz CT molecular complexity index is 1590. The molecule has 1 aliphatic carbocycles. The fraction of sp³-hybridized carbons (Fsp3) is 0.0741. The highest BCUT2D eigenvalue weighted by Gasteiger charge is 2.31. The minimum Gasteiger partial charge on any atom is -0.379 e. The Hall–Kier alpha value is -3.95. The van der Waals surface area contributed by atoms with Gasteiger partial charge in [-0.2, -0.15) is 16.8 Å². The van der Waals surface area contributed by atoms with Crippen molar-refractivity contribution in [1.29, 1.82) is 0 Å². The molecule has 0 spiro atoms. The maximum Gasteiger partial charge on any atom is 0.339 e. The molecule has 36 heavy (non-hydrogen) atoms.